The van der Waals surface area contributed by atoms with Crippen molar-refractivity contribution in [2.75, 3.05) is 24.5 Å². The van der Waals surface area contributed by atoms with Crippen LogP contribution < -0.4 is 10.2 Å². The van der Waals surface area contributed by atoms with Crippen molar-refractivity contribution < 1.29 is 0 Å². The summed E-state index contributed by atoms with van der Waals surface area (Å²) in [5, 5.41) is 12.7. The van der Waals surface area contributed by atoms with Crippen molar-refractivity contribution in [1.82, 2.24) is 10.3 Å². The lowest BCUT2D eigenvalue weighted by Crippen LogP contribution is -2.45. The van der Waals surface area contributed by atoms with Gasteiger partial charge in [0.25, 0.3) is 0 Å². The van der Waals surface area contributed by atoms with E-state index in [9.17, 15) is 5.26 Å². The van der Waals surface area contributed by atoms with E-state index in [1.165, 1.54) is 0 Å². The molecule has 2 atom stereocenters. The van der Waals surface area contributed by atoms with Crippen molar-refractivity contribution in [3.63, 3.8) is 0 Å². The topological polar surface area (TPSA) is 52.0 Å². The molecule has 0 radical (unpaired) electrons. The van der Waals surface area contributed by atoms with Gasteiger partial charge < -0.3 is 10.2 Å². The summed E-state index contributed by atoms with van der Waals surface area (Å²) in [6.45, 7) is 7.74. The van der Waals surface area contributed by atoms with E-state index < -0.39 is 0 Å². The van der Waals surface area contributed by atoms with E-state index in [0.717, 1.165) is 30.9 Å². The number of anilines is 1. The standard InChI is InChI=1S/C14H18N4/c1-14(2)12-7-17-6-11(12)9-18(14)13-8-16-4-3-10(13)5-15/h3-4,8,11-12,17H,6-7,9H2,1-2H3. The molecule has 0 bridgehead atoms. The third-order valence-electron chi connectivity index (χ3n) is 4.57. The summed E-state index contributed by atoms with van der Waals surface area (Å²) in [4.78, 5) is 6.56. The van der Waals surface area contributed by atoms with Gasteiger partial charge >= 0.3 is 0 Å². The molecule has 1 aromatic rings. The van der Waals surface area contributed by atoms with Crippen molar-refractivity contribution in [1.29, 1.82) is 5.26 Å². The van der Waals surface area contributed by atoms with Crippen LogP contribution in [-0.2, 0) is 0 Å². The first-order chi connectivity index (χ1) is 8.64. The van der Waals surface area contributed by atoms with E-state index >= 15 is 0 Å². The Bertz CT molecular complexity index is 503. The van der Waals surface area contributed by atoms with Gasteiger partial charge in [-0.2, -0.15) is 5.26 Å². The van der Waals surface area contributed by atoms with Gasteiger partial charge in [0.1, 0.15) is 6.07 Å². The third kappa shape index (κ3) is 1.51. The molecule has 2 aliphatic heterocycles. The maximum atomic E-state index is 9.24. The predicted molar refractivity (Wildman–Crippen MR) is 70.2 cm³/mol. The lowest BCUT2D eigenvalue weighted by molar-refractivity contribution is 0.357. The van der Waals surface area contributed by atoms with E-state index in [0.29, 0.717) is 11.8 Å². The van der Waals surface area contributed by atoms with Gasteiger partial charge in [-0.3, -0.25) is 4.98 Å². The van der Waals surface area contributed by atoms with Gasteiger partial charge in [0.2, 0.25) is 0 Å². The summed E-state index contributed by atoms with van der Waals surface area (Å²) in [6.07, 6.45) is 3.52. The van der Waals surface area contributed by atoms with Crippen LogP contribution in [0, 0.1) is 23.2 Å². The molecule has 1 aromatic heterocycles. The average Bonchev–Trinajstić information content (AvgIpc) is 2.92. The van der Waals surface area contributed by atoms with Gasteiger partial charge in [0.05, 0.1) is 17.4 Å². The zero-order chi connectivity index (χ0) is 12.8. The Kier molecular flexibility index (Phi) is 2.53. The van der Waals surface area contributed by atoms with Crippen LogP contribution in [0.25, 0.3) is 0 Å². The number of nitrogens with zero attached hydrogens (tertiary/aromatic N) is 3. The summed E-state index contributed by atoms with van der Waals surface area (Å²) < 4.78 is 0. The van der Waals surface area contributed by atoms with Crippen LogP contribution in [0.2, 0.25) is 0 Å². The highest BCUT2D eigenvalue weighted by atomic mass is 15.3. The maximum absolute atomic E-state index is 9.24. The molecule has 3 heterocycles. The molecule has 3 rings (SSSR count). The Morgan fingerprint density at radius 3 is 3.06 bits per heavy atom. The van der Waals surface area contributed by atoms with Crippen molar-refractivity contribution in [2.45, 2.75) is 19.4 Å². The second-order valence-corrected chi connectivity index (χ2v) is 5.79. The highest BCUT2D eigenvalue weighted by Crippen LogP contribution is 2.43. The number of nitrogens with one attached hydrogen (secondary N) is 1. The number of rotatable bonds is 1. The Hall–Kier alpha value is -1.60. The molecule has 0 aromatic carbocycles. The Balaban J connectivity index is 2.01. The smallest absolute Gasteiger partial charge is 0.101 e. The van der Waals surface area contributed by atoms with Crippen molar-refractivity contribution >= 4 is 5.69 Å². The molecule has 0 saturated carbocycles. The molecule has 94 valence electrons. The summed E-state index contributed by atoms with van der Waals surface area (Å²) in [7, 11) is 0. The van der Waals surface area contributed by atoms with Crippen LogP contribution >= 0.6 is 0 Å². The number of hydrogen-bond acceptors (Lipinski definition) is 4. The minimum Gasteiger partial charge on any atom is -0.363 e. The fourth-order valence-corrected chi connectivity index (χ4v) is 3.53. The minimum atomic E-state index is 0.0861. The number of pyridine rings is 1. The molecule has 1 N–H and O–H groups in total. The normalized spacial score (nSPS) is 29.1. The quantitative estimate of drug-likeness (QED) is 0.808. The highest BCUT2D eigenvalue weighted by Gasteiger charge is 2.49. The van der Waals surface area contributed by atoms with Gasteiger partial charge in [-0.1, -0.05) is 0 Å². The van der Waals surface area contributed by atoms with Gasteiger partial charge in [-0.15, -0.1) is 0 Å². The number of aromatic nitrogens is 1. The van der Waals surface area contributed by atoms with E-state index in [4.69, 9.17) is 0 Å². The fraction of sp³-hybridized carbons (Fsp3) is 0.571. The van der Waals surface area contributed by atoms with Gasteiger partial charge in [0.15, 0.2) is 0 Å². The first-order valence-electron chi connectivity index (χ1n) is 6.47. The fourth-order valence-electron chi connectivity index (χ4n) is 3.53. The first-order valence-corrected chi connectivity index (χ1v) is 6.47. The van der Waals surface area contributed by atoms with Crippen molar-refractivity contribution in [3.05, 3.63) is 24.0 Å². The first kappa shape index (κ1) is 11.5. The molecule has 2 fully saturated rings. The number of nitriles is 1. The molecule has 4 heteroatoms. The summed E-state index contributed by atoms with van der Waals surface area (Å²) in [5.41, 5.74) is 1.80. The molecule has 0 amide bonds. The monoisotopic (exact) mass is 242 g/mol. The second kappa shape index (κ2) is 3.96. The van der Waals surface area contributed by atoms with Crippen LogP contribution in [0.3, 0.4) is 0 Å². The van der Waals surface area contributed by atoms with Crippen LogP contribution in [-0.4, -0.2) is 30.2 Å². The summed E-state index contributed by atoms with van der Waals surface area (Å²) in [5.74, 6) is 1.34. The molecule has 0 spiro atoms. The van der Waals surface area contributed by atoms with Crippen molar-refractivity contribution in [2.24, 2.45) is 11.8 Å². The van der Waals surface area contributed by atoms with E-state index in [-0.39, 0.29) is 5.54 Å². The van der Waals surface area contributed by atoms with E-state index in [1.54, 1.807) is 12.3 Å². The molecular formula is C14H18N4. The van der Waals surface area contributed by atoms with E-state index in [1.807, 2.05) is 6.20 Å². The van der Waals surface area contributed by atoms with Gasteiger partial charge in [0, 0.05) is 31.4 Å². The van der Waals surface area contributed by atoms with Crippen LogP contribution in [0.15, 0.2) is 18.5 Å². The zero-order valence-electron chi connectivity index (χ0n) is 10.8. The molecule has 2 unspecified atom stereocenters. The Labute approximate surface area is 108 Å². The van der Waals surface area contributed by atoms with Gasteiger partial charge in [-0.25, -0.2) is 0 Å². The molecular weight excluding hydrogens is 224 g/mol. The SMILES string of the molecule is CC1(C)C2CNCC2CN1c1cnccc1C#N. The summed E-state index contributed by atoms with van der Waals surface area (Å²) in [6, 6.07) is 4.08. The number of hydrogen-bond donors (Lipinski definition) is 1. The van der Waals surface area contributed by atoms with E-state index in [2.05, 4.69) is 35.1 Å². The van der Waals surface area contributed by atoms with Gasteiger partial charge in [-0.05, 0) is 31.7 Å². The molecule has 0 aliphatic carbocycles. The summed E-state index contributed by atoms with van der Waals surface area (Å²) >= 11 is 0. The Morgan fingerprint density at radius 1 is 1.50 bits per heavy atom. The molecule has 2 aliphatic rings. The van der Waals surface area contributed by atoms with Crippen molar-refractivity contribution in [3.8, 4) is 6.07 Å². The lowest BCUT2D eigenvalue weighted by Gasteiger charge is -2.37. The van der Waals surface area contributed by atoms with Crippen LogP contribution in [0.5, 0.6) is 0 Å². The molecule has 2 saturated heterocycles. The highest BCUT2D eigenvalue weighted by molar-refractivity contribution is 5.60. The van der Waals surface area contributed by atoms with Crippen LogP contribution in [0.4, 0.5) is 5.69 Å². The number of fused-ring (bicyclic) bond motifs is 1. The Morgan fingerprint density at radius 2 is 2.33 bits per heavy atom. The largest absolute Gasteiger partial charge is 0.363 e. The average molecular weight is 242 g/mol. The second-order valence-electron chi connectivity index (χ2n) is 5.79. The maximum Gasteiger partial charge on any atom is 0.101 e. The zero-order valence-corrected chi connectivity index (χ0v) is 10.8. The molecule has 4 nitrogen and oxygen atoms in total. The third-order valence-corrected chi connectivity index (χ3v) is 4.57. The predicted octanol–water partition coefficient (Wildman–Crippen LogP) is 1.39. The van der Waals surface area contributed by atoms with Crippen LogP contribution in [0.1, 0.15) is 19.4 Å². The lowest BCUT2D eigenvalue weighted by atomic mass is 9.84. The molecule has 18 heavy (non-hydrogen) atoms. The minimum absolute atomic E-state index is 0.0861.